The number of carbonyl (C=O) groups excluding carboxylic acids is 3. The van der Waals surface area contributed by atoms with E-state index in [9.17, 15) is 18.8 Å². The number of nitrogens with zero attached hydrogens (tertiary/aromatic N) is 2. The minimum absolute atomic E-state index is 0.0426. The Balaban J connectivity index is 1.45. The zero-order chi connectivity index (χ0) is 30.2. The molecule has 9 nitrogen and oxygen atoms in total. The first-order chi connectivity index (χ1) is 20.7. The molecule has 1 aliphatic heterocycles. The molecular weight excluding hydrogens is 547 g/mol. The Labute approximate surface area is 247 Å². The van der Waals surface area contributed by atoms with Gasteiger partial charge < -0.3 is 31.6 Å². The van der Waals surface area contributed by atoms with Crippen LogP contribution in [0.2, 0.25) is 0 Å². The van der Waals surface area contributed by atoms with Crippen molar-refractivity contribution in [1.29, 1.82) is 0 Å². The highest BCUT2D eigenvalue weighted by molar-refractivity contribution is 6.20. The Morgan fingerprint density at radius 1 is 0.907 bits per heavy atom. The second-order valence-electron chi connectivity index (χ2n) is 10.8. The lowest BCUT2D eigenvalue weighted by molar-refractivity contribution is 0.0664. The number of rotatable bonds is 6. The zero-order valence-corrected chi connectivity index (χ0v) is 23.6. The predicted octanol–water partition coefficient (Wildman–Crippen LogP) is 4.32. The Bertz CT molecular complexity index is 1890. The molecule has 1 saturated heterocycles. The summed E-state index contributed by atoms with van der Waals surface area (Å²) in [4.78, 5) is 46.1. The molecule has 0 saturated carbocycles. The molecule has 0 atom stereocenters. The summed E-state index contributed by atoms with van der Waals surface area (Å²) in [6.07, 6.45) is 0. The number of likely N-dealkylation sites (N-methyl/N-ethyl adjacent to an activating group) is 1. The van der Waals surface area contributed by atoms with Crippen LogP contribution in [0.1, 0.15) is 36.6 Å². The van der Waals surface area contributed by atoms with Crippen LogP contribution in [0.25, 0.3) is 32.9 Å². The molecule has 0 radical (unpaired) electrons. The van der Waals surface area contributed by atoms with Gasteiger partial charge in [0.15, 0.2) is 0 Å². The van der Waals surface area contributed by atoms with Gasteiger partial charge in [0.2, 0.25) is 0 Å². The largest absolute Gasteiger partial charge is 0.366 e. The van der Waals surface area contributed by atoms with Crippen LogP contribution in [-0.2, 0) is 6.54 Å². The molecule has 3 amide bonds. The second kappa shape index (κ2) is 11.3. The number of halogens is 1. The monoisotopic (exact) mass is 578 g/mol. The first-order valence-corrected chi connectivity index (χ1v) is 14.0. The first-order valence-electron chi connectivity index (χ1n) is 14.0. The average molecular weight is 579 g/mol. The molecule has 0 bridgehead atoms. The number of hydrogen-bond acceptors (Lipinski definition) is 5. The van der Waals surface area contributed by atoms with Crippen molar-refractivity contribution in [3.05, 3.63) is 101 Å². The Morgan fingerprint density at radius 2 is 1.63 bits per heavy atom. The highest BCUT2D eigenvalue weighted by atomic mass is 19.1. The van der Waals surface area contributed by atoms with Gasteiger partial charge in [-0.15, -0.1) is 0 Å². The van der Waals surface area contributed by atoms with Crippen LogP contribution in [0.3, 0.4) is 0 Å². The minimum Gasteiger partial charge on any atom is -0.366 e. The van der Waals surface area contributed by atoms with E-state index in [0.29, 0.717) is 52.1 Å². The number of hydrogen-bond donors (Lipinski definition) is 4. The maximum absolute atomic E-state index is 13.4. The fourth-order valence-corrected chi connectivity index (χ4v) is 5.74. The molecule has 5 aromatic rings. The van der Waals surface area contributed by atoms with Crippen molar-refractivity contribution in [2.45, 2.75) is 6.54 Å². The van der Waals surface area contributed by atoms with Crippen LogP contribution in [-0.4, -0.2) is 65.7 Å². The molecule has 43 heavy (non-hydrogen) atoms. The molecule has 1 aliphatic rings. The number of anilines is 1. The molecule has 1 fully saturated rings. The Morgan fingerprint density at radius 3 is 2.33 bits per heavy atom. The highest BCUT2D eigenvalue weighted by Gasteiger charge is 2.23. The van der Waals surface area contributed by atoms with Gasteiger partial charge in [0, 0.05) is 65.8 Å². The molecule has 1 aromatic heterocycles. The maximum Gasteiger partial charge on any atom is 0.255 e. The van der Waals surface area contributed by atoms with E-state index in [1.165, 1.54) is 24.3 Å². The number of benzene rings is 4. The third-order valence-corrected chi connectivity index (χ3v) is 8.08. The fourth-order valence-electron chi connectivity index (χ4n) is 5.74. The van der Waals surface area contributed by atoms with Gasteiger partial charge in [-0.05, 0) is 72.3 Å². The van der Waals surface area contributed by atoms with Crippen LogP contribution < -0.4 is 16.8 Å². The van der Waals surface area contributed by atoms with Gasteiger partial charge >= 0.3 is 0 Å². The van der Waals surface area contributed by atoms with Crippen molar-refractivity contribution in [3.8, 4) is 11.1 Å². The van der Waals surface area contributed by atoms with Gasteiger partial charge in [-0.2, -0.15) is 0 Å². The van der Waals surface area contributed by atoms with Crippen LogP contribution >= 0.6 is 0 Å². The number of aromatic amines is 1. The molecule has 6 N–H and O–H groups in total. The number of carbonyl (C=O) groups is 3. The first kappa shape index (κ1) is 28.1. The number of aromatic nitrogens is 1. The molecule has 2 heterocycles. The van der Waals surface area contributed by atoms with Gasteiger partial charge in [-0.1, -0.05) is 24.3 Å². The lowest BCUT2D eigenvalue weighted by atomic mass is 9.92. The molecule has 4 aromatic carbocycles. The van der Waals surface area contributed by atoms with E-state index in [4.69, 9.17) is 11.5 Å². The second-order valence-corrected chi connectivity index (χ2v) is 10.8. The van der Waals surface area contributed by atoms with Crippen molar-refractivity contribution in [2.24, 2.45) is 11.5 Å². The molecule has 0 unspecified atom stereocenters. The lowest BCUT2D eigenvalue weighted by Gasteiger charge is -2.32. The number of nitrogens with one attached hydrogen (secondary N) is 2. The number of H-pyrrole nitrogens is 1. The normalized spacial score (nSPS) is 13.9. The topological polar surface area (TPSA) is 138 Å². The SMILES string of the molecule is CN1CCN(C(=O)c2ccc3c(c2)[nH]c2c(C(N)=O)ccc(-c4cccc(NC(=O)c5ccc(F)cc5)c4CN)c23)CC1. The standard InChI is InChI=1S/C33H31FN6O3/c1-39-13-15-40(16-14-39)33(43)20-7-10-24-28(17-20)37-30-25(31(36)41)12-11-23(29(24)30)22-3-2-4-27(26(22)18-35)38-32(42)19-5-8-21(34)9-6-19/h2-12,17,37H,13-16,18,35H2,1H3,(H2,36,41)(H,38,42). The third kappa shape index (κ3) is 5.22. The molecule has 0 spiro atoms. The van der Waals surface area contributed by atoms with E-state index in [1.807, 2.05) is 42.3 Å². The van der Waals surface area contributed by atoms with Gasteiger partial charge in [-0.25, -0.2) is 4.39 Å². The number of amides is 3. The smallest absolute Gasteiger partial charge is 0.255 e. The summed E-state index contributed by atoms with van der Waals surface area (Å²) in [5.41, 5.74) is 17.2. The average Bonchev–Trinajstić information content (AvgIpc) is 3.39. The summed E-state index contributed by atoms with van der Waals surface area (Å²) in [7, 11) is 2.04. The summed E-state index contributed by atoms with van der Waals surface area (Å²) < 4.78 is 13.4. The molecule has 218 valence electrons. The Kier molecular flexibility index (Phi) is 7.39. The van der Waals surface area contributed by atoms with Crippen molar-refractivity contribution in [2.75, 3.05) is 38.5 Å². The summed E-state index contributed by atoms with van der Waals surface area (Å²) in [5.74, 6) is -1.46. The number of piperazine rings is 1. The van der Waals surface area contributed by atoms with E-state index >= 15 is 0 Å². The Hall–Kier alpha value is -5.06. The number of primary amides is 1. The van der Waals surface area contributed by atoms with Crippen molar-refractivity contribution < 1.29 is 18.8 Å². The molecular formula is C33H31FN6O3. The van der Waals surface area contributed by atoms with Crippen LogP contribution in [0.5, 0.6) is 0 Å². The van der Waals surface area contributed by atoms with E-state index in [1.54, 1.807) is 18.2 Å². The van der Waals surface area contributed by atoms with Crippen molar-refractivity contribution in [1.82, 2.24) is 14.8 Å². The predicted molar refractivity (Wildman–Crippen MR) is 165 cm³/mol. The van der Waals surface area contributed by atoms with E-state index in [2.05, 4.69) is 15.2 Å². The quantitative estimate of drug-likeness (QED) is 0.238. The van der Waals surface area contributed by atoms with Gasteiger partial charge in [0.25, 0.3) is 17.7 Å². The minimum atomic E-state index is -0.587. The van der Waals surface area contributed by atoms with Gasteiger partial charge in [0.1, 0.15) is 5.82 Å². The lowest BCUT2D eigenvalue weighted by Crippen LogP contribution is -2.47. The van der Waals surface area contributed by atoms with E-state index < -0.39 is 17.6 Å². The van der Waals surface area contributed by atoms with Crippen LogP contribution in [0.15, 0.2) is 72.8 Å². The summed E-state index contributed by atoms with van der Waals surface area (Å²) in [6.45, 7) is 3.06. The van der Waals surface area contributed by atoms with Gasteiger partial charge in [-0.3, -0.25) is 14.4 Å². The number of fused-ring (bicyclic) bond motifs is 3. The summed E-state index contributed by atoms with van der Waals surface area (Å²) in [6, 6.07) is 19.7. The van der Waals surface area contributed by atoms with Crippen molar-refractivity contribution in [3.63, 3.8) is 0 Å². The van der Waals surface area contributed by atoms with Crippen LogP contribution in [0, 0.1) is 5.82 Å². The molecule has 0 aliphatic carbocycles. The summed E-state index contributed by atoms with van der Waals surface area (Å²) in [5, 5.41) is 4.46. The third-order valence-electron chi connectivity index (χ3n) is 8.08. The number of nitrogens with two attached hydrogens (primary N) is 2. The molecule has 10 heteroatoms. The maximum atomic E-state index is 13.4. The molecule has 6 rings (SSSR count). The fraction of sp³-hybridized carbons (Fsp3) is 0.182. The zero-order valence-electron chi connectivity index (χ0n) is 23.6. The van der Waals surface area contributed by atoms with Gasteiger partial charge in [0.05, 0.1) is 11.1 Å². The van der Waals surface area contributed by atoms with E-state index in [0.717, 1.165) is 35.0 Å². The van der Waals surface area contributed by atoms with E-state index in [-0.39, 0.29) is 12.5 Å². The highest BCUT2D eigenvalue weighted by Crippen LogP contribution is 2.39. The summed E-state index contributed by atoms with van der Waals surface area (Å²) >= 11 is 0. The van der Waals surface area contributed by atoms with Crippen molar-refractivity contribution >= 4 is 45.2 Å². The van der Waals surface area contributed by atoms with Crippen LogP contribution in [0.4, 0.5) is 10.1 Å².